The van der Waals surface area contributed by atoms with Crippen LogP contribution in [-0.4, -0.2) is 73.1 Å². The van der Waals surface area contributed by atoms with Crippen LogP contribution in [0.25, 0.3) is 0 Å². The number of fused-ring (bicyclic) bond motifs is 10. The number of allylic oxidation sites excluding steroid dienone is 2. The summed E-state index contributed by atoms with van der Waals surface area (Å²) < 4.78 is 30.5. The molecular formula is C58H90Cl3O12P. The second-order valence-electron chi connectivity index (χ2n) is 25.3. The van der Waals surface area contributed by atoms with E-state index in [0.717, 1.165) is 89.9 Å². The van der Waals surface area contributed by atoms with Gasteiger partial charge in [0.2, 0.25) is 0 Å². The van der Waals surface area contributed by atoms with E-state index in [9.17, 15) is 38.4 Å². The van der Waals surface area contributed by atoms with Gasteiger partial charge in [-0.2, -0.15) is 0 Å². The fourth-order valence-electron chi connectivity index (χ4n) is 18.5. The van der Waals surface area contributed by atoms with Crippen molar-refractivity contribution >= 4 is 74.4 Å². The maximum Gasteiger partial charge on any atom is 0.339 e. The normalized spacial score (nSPS) is 42.6. The van der Waals surface area contributed by atoms with E-state index in [4.69, 9.17) is 18.9 Å². The third-order valence-electron chi connectivity index (χ3n) is 22.0. The summed E-state index contributed by atoms with van der Waals surface area (Å²) in [6.07, 6.45) is 18.5. The fourth-order valence-corrected chi connectivity index (χ4v) is 18.5. The number of Topliss-reactive ketones (excluding diaryl/α,β-unsaturated/α-hetero) is 2. The Balaban J connectivity index is 0.000000221. The van der Waals surface area contributed by atoms with Gasteiger partial charge in [-0.1, -0.05) is 67.5 Å². The summed E-state index contributed by atoms with van der Waals surface area (Å²) in [4.78, 5) is 75.1. The smallest absolute Gasteiger partial charge is 0.339 e. The number of hydrogen-bond acceptors (Lipinski definition) is 12. The van der Waals surface area contributed by atoms with E-state index in [1.165, 1.54) is 28.1 Å². The van der Waals surface area contributed by atoms with Crippen LogP contribution in [-0.2, 0) is 52.3 Å². The minimum atomic E-state index is -3.22. The molecule has 8 aliphatic carbocycles. The number of carbonyl (C=O) groups is 6. The van der Waals surface area contributed by atoms with Gasteiger partial charge in [0.15, 0.2) is 0 Å². The Morgan fingerprint density at radius 1 is 0.662 bits per heavy atom. The van der Waals surface area contributed by atoms with Gasteiger partial charge in [0.05, 0.1) is 20.3 Å². The Bertz CT molecular complexity index is 2140. The van der Waals surface area contributed by atoms with E-state index in [1.807, 2.05) is 0 Å². The lowest BCUT2D eigenvalue weighted by atomic mass is 9.41. The van der Waals surface area contributed by atoms with E-state index < -0.39 is 11.3 Å². The van der Waals surface area contributed by atoms with Gasteiger partial charge in [-0.3, -0.25) is 33.3 Å². The summed E-state index contributed by atoms with van der Waals surface area (Å²) in [5.74, 6) is 3.19. The molecule has 0 radical (unpaired) electrons. The Hall–Kier alpha value is -1.98. The lowest BCUT2D eigenvalue weighted by molar-refractivity contribution is -0.195. The van der Waals surface area contributed by atoms with Crippen molar-refractivity contribution in [2.24, 2.45) is 105 Å². The summed E-state index contributed by atoms with van der Waals surface area (Å²) >= 11 is 13.8. The van der Waals surface area contributed by atoms with Crippen molar-refractivity contribution in [3.8, 4) is 0 Å². The highest BCUT2D eigenvalue weighted by molar-refractivity contribution is 8.24. The molecule has 0 aliphatic heterocycles. The second kappa shape index (κ2) is 24.2. The van der Waals surface area contributed by atoms with Crippen molar-refractivity contribution in [1.82, 2.24) is 0 Å². The molecule has 0 saturated heterocycles. The average molecular weight is 1120 g/mol. The SMILES string of the molecule is CC[C@H]1C(=O)C2C3CC[C@H]([C@H](C)CCC(=O)OC)[C@@]3(C)C=CC2[C@@]2(C)CC[C@@H](OC(C)=O)C[C@@H]12.CC[C@H]1C(=O)C2C3CC[C@H]([C@H](C)CCC(=O)OC)[C@@]3(C)[C@@H](O)CC2[C@@]2(C)CC[C@@H](OC(C)=O)C[C@@H]12.O=P(Cl)(Cl)Cl. The summed E-state index contributed by atoms with van der Waals surface area (Å²) in [6.45, 7) is 21.1. The quantitative estimate of drug-likeness (QED) is 0.0848. The van der Waals surface area contributed by atoms with Crippen LogP contribution < -0.4 is 0 Å². The standard InChI is InChI=1S/C29H46O6.C29H44O5.Cl3OP/c1-7-19-22-14-18(35-17(3)30)12-13-28(22,4)23-15-24(31)29(5)20(16(2)8-11-25(32)34-6)9-10-21(29)26(23)27(19)33;1-7-20-24-16-19(34-18(3)30)12-14-29(24,5)23-13-15-28(4)21(17(2)8-11-25(31)33-6)9-10-22(28)26(23)27(20)32;1-5(2,3)4/h16,18-24,26,31H,7-15H2,1-6H3;13,15,17,19-24,26H,7-12,14,16H2,1-6H3;/t16-,18-,19-,20-,21?,22+,23?,24+,26?,28+,29-;17-,19-,20-,21-,22?,23?,24+,26?,28-,29-;/m11./s1. The number of ketones is 2. The van der Waals surface area contributed by atoms with Crippen molar-refractivity contribution < 1.29 is 57.4 Å². The van der Waals surface area contributed by atoms with Crippen molar-refractivity contribution in [2.75, 3.05) is 14.2 Å². The first-order valence-electron chi connectivity index (χ1n) is 28.2. The Labute approximate surface area is 457 Å². The number of esters is 4. The minimum Gasteiger partial charge on any atom is -0.469 e. The molecule has 6 unspecified atom stereocenters. The van der Waals surface area contributed by atoms with E-state index in [0.29, 0.717) is 60.4 Å². The van der Waals surface area contributed by atoms with E-state index >= 15 is 0 Å². The summed E-state index contributed by atoms with van der Waals surface area (Å²) in [6, 6.07) is 0. The molecule has 16 heteroatoms. The summed E-state index contributed by atoms with van der Waals surface area (Å²) in [7, 11) is 2.88. The van der Waals surface area contributed by atoms with Crippen LogP contribution in [0.15, 0.2) is 12.2 Å². The maximum atomic E-state index is 14.2. The molecule has 0 heterocycles. The first kappa shape index (κ1) is 61.2. The van der Waals surface area contributed by atoms with Crippen molar-refractivity contribution in [3.63, 3.8) is 0 Å². The highest BCUT2D eigenvalue weighted by Crippen LogP contribution is 2.70. The Morgan fingerprint density at radius 3 is 1.59 bits per heavy atom. The predicted octanol–water partition coefficient (Wildman–Crippen LogP) is 13.5. The monoisotopic (exact) mass is 1110 g/mol. The molecule has 7 saturated carbocycles. The van der Waals surface area contributed by atoms with E-state index in [1.54, 1.807) is 0 Å². The lowest BCUT2D eigenvalue weighted by Gasteiger charge is -2.63. The molecule has 74 heavy (non-hydrogen) atoms. The van der Waals surface area contributed by atoms with E-state index in [-0.39, 0.29) is 111 Å². The van der Waals surface area contributed by atoms with Crippen LogP contribution in [0.5, 0.6) is 0 Å². The first-order chi connectivity index (χ1) is 34.5. The number of methoxy groups -OCH3 is 2. The number of hydrogen-bond donors (Lipinski definition) is 1. The van der Waals surface area contributed by atoms with Gasteiger partial charge >= 0.3 is 29.1 Å². The highest BCUT2D eigenvalue weighted by atomic mass is 36.0. The van der Waals surface area contributed by atoms with Crippen LogP contribution in [0.4, 0.5) is 0 Å². The molecule has 8 aliphatic rings. The molecule has 0 aromatic rings. The van der Waals surface area contributed by atoms with Crippen molar-refractivity contribution in [2.45, 2.75) is 197 Å². The predicted molar refractivity (Wildman–Crippen MR) is 288 cm³/mol. The zero-order chi connectivity index (χ0) is 55.0. The van der Waals surface area contributed by atoms with Crippen LogP contribution in [0.3, 0.4) is 0 Å². The topological polar surface area (TPSA) is 177 Å². The van der Waals surface area contributed by atoms with Gasteiger partial charge in [-0.15, -0.1) is 0 Å². The molecular weight excluding hydrogens is 1030 g/mol. The van der Waals surface area contributed by atoms with Gasteiger partial charge < -0.3 is 24.1 Å². The maximum absolute atomic E-state index is 14.2. The van der Waals surface area contributed by atoms with E-state index in [2.05, 4.69) is 101 Å². The molecule has 8 rings (SSSR count). The number of aliphatic hydroxyl groups is 1. The summed E-state index contributed by atoms with van der Waals surface area (Å²) in [5, 5.41) is 8.51. The second-order valence-corrected chi connectivity index (χ2v) is 31.9. The molecule has 420 valence electrons. The number of carbonyl (C=O) groups excluding carboxylic acids is 6. The van der Waals surface area contributed by atoms with Gasteiger partial charge in [0, 0.05) is 55.8 Å². The van der Waals surface area contributed by atoms with Crippen LogP contribution >= 0.6 is 38.9 Å². The number of ether oxygens (including phenoxy) is 4. The van der Waals surface area contributed by atoms with Crippen molar-refractivity contribution in [3.05, 3.63) is 12.2 Å². The molecule has 21 atom stereocenters. The van der Waals surface area contributed by atoms with Gasteiger partial charge in [-0.05, 0) is 205 Å². The number of rotatable bonds is 12. The zero-order valence-electron chi connectivity index (χ0n) is 46.5. The molecule has 0 spiro atoms. The van der Waals surface area contributed by atoms with Crippen LogP contribution in [0.1, 0.15) is 178 Å². The molecule has 7 fully saturated rings. The Morgan fingerprint density at radius 2 is 1.11 bits per heavy atom. The summed E-state index contributed by atoms with van der Waals surface area (Å²) in [5.41, 5.74) is -0.249. The largest absolute Gasteiger partial charge is 0.469 e. The van der Waals surface area contributed by atoms with Crippen LogP contribution in [0, 0.1) is 105 Å². The minimum absolute atomic E-state index is 0.00215. The molecule has 0 aromatic heterocycles. The van der Waals surface area contributed by atoms with Gasteiger partial charge in [0.1, 0.15) is 23.8 Å². The number of aliphatic hydroxyl groups excluding tert-OH is 1. The molecule has 0 amide bonds. The van der Waals surface area contributed by atoms with Crippen LogP contribution in [0.2, 0.25) is 0 Å². The number of halogens is 3. The molecule has 0 aromatic carbocycles. The van der Waals surface area contributed by atoms with Gasteiger partial charge in [-0.25, -0.2) is 0 Å². The Kier molecular flexibility index (Phi) is 20.0. The fraction of sp³-hybridized carbons (Fsp3) is 0.862. The van der Waals surface area contributed by atoms with Crippen molar-refractivity contribution in [1.29, 1.82) is 0 Å². The molecule has 1 N–H and O–H groups in total. The third-order valence-corrected chi connectivity index (χ3v) is 22.0. The molecule has 12 nitrogen and oxygen atoms in total. The lowest BCUT2D eigenvalue weighted by Crippen LogP contribution is -2.64. The average Bonchev–Trinajstić information content (AvgIpc) is 3.88. The zero-order valence-corrected chi connectivity index (χ0v) is 49.7. The highest BCUT2D eigenvalue weighted by Gasteiger charge is 2.68. The first-order valence-corrected chi connectivity index (χ1v) is 32.6. The third kappa shape index (κ3) is 12.1. The van der Waals surface area contributed by atoms with Gasteiger partial charge in [0.25, 0.3) is 0 Å². The molecule has 0 bridgehead atoms.